The molecule has 1 N–H and O–H groups in total. The summed E-state index contributed by atoms with van der Waals surface area (Å²) in [7, 11) is 0. The van der Waals surface area contributed by atoms with Crippen LogP contribution in [0.5, 0.6) is 0 Å². The topological polar surface area (TPSA) is 67.2 Å². The largest absolute Gasteiger partial charge is 0.351 e. The van der Waals surface area contributed by atoms with E-state index in [1.807, 2.05) is 13.0 Å². The molecule has 8 heteroatoms. The Labute approximate surface area is 202 Å². The fourth-order valence-corrected chi connectivity index (χ4v) is 7.12. The van der Waals surface area contributed by atoms with Crippen molar-refractivity contribution in [3.63, 3.8) is 0 Å². The summed E-state index contributed by atoms with van der Waals surface area (Å²) in [6, 6.07) is 10.6. The zero-order chi connectivity index (χ0) is 22.8. The lowest BCUT2D eigenvalue weighted by molar-refractivity contribution is -0.119. The summed E-state index contributed by atoms with van der Waals surface area (Å²) in [5.74, 6) is 0.284. The van der Waals surface area contributed by atoms with E-state index in [2.05, 4.69) is 34.5 Å². The maximum Gasteiger partial charge on any atom is 0.263 e. The van der Waals surface area contributed by atoms with Crippen LogP contribution < -0.4 is 10.9 Å². The fourth-order valence-electron chi connectivity index (χ4n) is 4.94. The van der Waals surface area contributed by atoms with Gasteiger partial charge in [0.25, 0.3) is 5.56 Å². The number of aromatic nitrogens is 2. The predicted molar refractivity (Wildman–Crippen MR) is 135 cm³/mol. The molecule has 5 rings (SSSR count). The van der Waals surface area contributed by atoms with Gasteiger partial charge in [-0.15, -0.1) is 11.3 Å². The number of amides is 1. The number of likely N-dealkylation sites (tertiary alicyclic amines) is 1. The molecule has 3 heterocycles. The third-order valence-electron chi connectivity index (χ3n) is 6.57. The van der Waals surface area contributed by atoms with Crippen LogP contribution in [-0.4, -0.2) is 45.2 Å². The molecule has 1 aliphatic carbocycles. The SMILES string of the molecule is CCn1c(SCC(=O)N[C@@H]2CCN(Cc3ccccc3)C2)nc2sc3c(c2c1=O)CCCC3. The summed E-state index contributed by atoms with van der Waals surface area (Å²) in [5.41, 5.74) is 2.57. The molecule has 2 aromatic heterocycles. The van der Waals surface area contributed by atoms with E-state index in [0.29, 0.717) is 11.7 Å². The summed E-state index contributed by atoms with van der Waals surface area (Å²) in [4.78, 5) is 35.3. The zero-order valence-corrected chi connectivity index (χ0v) is 20.6. The lowest BCUT2D eigenvalue weighted by Gasteiger charge is -2.17. The van der Waals surface area contributed by atoms with Gasteiger partial charge in [-0.25, -0.2) is 4.98 Å². The number of hydrogen-bond acceptors (Lipinski definition) is 6. The number of carbonyl (C=O) groups excluding carboxylic acids is 1. The molecule has 6 nitrogen and oxygen atoms in total. The number of nitrogens with one attached hydrogen (secondary N) is 1. The molecule has 3 aromatic rings. The minimum atomic E-state index is 0.00836. The Bertz CT molecular complexity index is 1200. The van der Waals surface area contributed by atoms with E-state index in [0.717, 1.165) is 55.5 Å². The summed E-state index contributed by atoms with van der Waals surface area (Å²) in [6.45, 7) is 5.31. The first-order valence-corrected chi connectivity index (χ1v) is 13.7. The van der Waals surface area contributed by atoms with Crippen molar-refractivity contribution in [1.82, 2.24) is 19.8 Å². The van der Waals surface area contributed by atoms with Crippen molar-refractivity contribution in [3.8, 4) is 0 Å². The highest BCUT2D eigenvalue weighted by Gasteiger charge is 2.25. The molecular weight excluding hydrogens is 452 g/mol. The first-order valence-electron chi connectivity index (χ1n) is 11.9. The number of benzene rings is 1. The average molecular weight is 483 g/mol. The van der Waals surface area contributed by atoms with Crippen LogP contribution >= 0.6 is 23.1 Å². The van der Waals surface area contributed by atoms with Gasteiger partial charge in [0.2, 0.25) is 5.91 Å². The summed E-state index contributed by atoms with van der Waals surface area (Å²) in [5, 5.41) is 4.65. The minimum Gasteiger partial charge on any atom is -0.351 e. The highest BCUT2D eigenvalue weighted by Crippen LogP contribution is 2.34. The molecule has 1 saturated heterocycles. The second-order valence-electron chi connectivity index (χ2n) is 8.90. The monoisotopic (exact) mass is 482 g/mol. The molecule has 1 fully saturated rings. The molecule has 0 unspecified atom stereocenters. The molecule has 174 valence electrons. The second-order valence-corrected chi connectivity index (χ2v) is 10.9. The van der Waals surface area contributed by atoms with Crippen LogP contribution in [0.25, 0.3) is 10.2 Å². The number of carbonyl (C=O) groups is 1. The Kier molecular flexibility index (Phi) is 6.85. The fraction of sp³-hybridized carbons (Fsp3) is 0.480. The first-order chi connectivity index (χ1) is 16.1. The maximum absolute atomic E-state index is 13.2. The van der Waals surface area contributed by atoms with Crippen molar-refractivity contribution >= 4 is 39.2 Å². The van der Waals surface area contributed by atoms with Gasteiger partial charge < -0.3 is 5.32 Å². The average Bonchev–Trinajstić information content (AvgIpc) is 3.42. The van der Waals surface area contributed by atoms with Gasteiger partial charge in [-0.05, 0) is 50.2 Å². The van der Waals surface area contributed by atoms with Crippen molar-refractivity contribution in [2.24, 2.45) is 0 Å². The van der Waals surface area contributed by atoms with Crippen molar-refractivity contribution in [2.45, 2.75) is 63.3 Å². The molecule has 0 spiro atoms. The van der Waals surface area contributed by atoms with Crippen LogP contribution in [0.15, 0.2) is 40.3 Å². The van der Waals surface area contributed by atoms with E-state index >= 15 is 0 Å². The Hall–Kier alpha value is -2.16. The molecule has 1 atom stereocenters. The summed E-state index contributed by atoms with van der Waals surface area (Å²) < 4.78 is 1.74. The van der Waals surface area contributed by atoms with Crippen molar-refractivity contribution in [3.05, 3.63) is 56.7 Å². The van der Waals surface area contributed by atoms with Gasteiger partial charge in [0.1, 0.15) is 4.83 Å². The molecule has 0 radical (unpaired) electrons. The van der Waals surface area contributed by atoms with Crippen LogP contribution in [0, 0.1) is 0 Å². The number of thioether (sulfide) groups is 1. The van der Waals surface area contributed by atoms with Gasteiger partial charge in [-0.2, -0.15) is 0 Å². The van der Waals surface area contributed by atoms with Crippen LogP contribution in [0.4, 0.5) is 0 Å². The Morgan fingerprint density at radius 3 is 2.88 bits per heavy atom. The number of aryl methyl sites for hydroxylation is 2. The lowest BCUT2D eigenvalue weighted by Crippen LogP contribution is -2.38. The van der Waals surface area contributed by atoms with Crippen molar-refractivity contribution < 1.29 is 4.79 Å². The van der Waals surface area contributed by atoms with Gasteiger partial charge in [0, 0.05) is 37.1 Å². The number of hydrogen-bond donors (Lipinski definition) is 1. The number of rotatable bonds is 7. The number of thiophene rings is 1. The van der Waals surface area contributed by atoms with E-state index in [1.54, 1.807) is 15.9 Å². The molecular formula is C25H30N4O2S2. The van der Waals surface area contributed by atoms with Crippen LogP contribution in [0.3, 0.4) is 0 Å². The van der Waals surface area contributed by atoms with E-state index in [9.17, 15) is 9.59 Å². The van der Waals surface area contributed by atoms with Gasteiger partial charge >= 0.3 is 0 Å². The third kappa shape index (κ3) is 4.88. The van der Waals surface area contributed by atoms with E-state index in [4.69, 9.17) is 4.98 Å². The molecule has 33 heavy (non-hydrogen) atoms. The van der Waals surface area contributed by atoms with Gasteiger partial charge in [-0.3, -0.25) is 19.1 Å². The molecule has 1 amide bonds. The number of fused-ring (bicyclic) bond motifs is 3. The Morgan fingerprint density at radius 2 is 2.06 bits per heavy atom. The van der Waals surface area contributed by atoms with Crippen LogP contribution in [0.2, 0.25) is 0 Å². The predicted octanol–water partition coefficient (Wildman–Crippen LogP) is 3.84. The minimum absolute atomic E-state index is 0.00836. The highest BCUT2D eigenvalue weighted by molar-refractivity contribution is 7.99. The van der Waals surface area contributed by atoms with Crippen molar-refractivity contribution in [1.29, 1.82) is 0 Å². The Balaban J connectivity index is 1.22. The second kappa shape index (κ2) is 9.99. The summed E-state index contributed by atoms with van der Waals surface area (Å²) in [6.07, 6.45) is 5.33. The van der Waals surface area contributed by atoms with E-state index in [1.165, 1.54) is 34.2 Å². The van der Waals surface area contributed by atoms with Crippen LogP contribution in [-0.2, 0) is 30.7 Å². The van der Waals surface area contributed by atoms with Gasteiger partial charge in [0.15, 0.2) is 5.16 Å². The lowest BCUT2D eigenvalue weighted by atomic mass is 9.97. The summed E-state index contributed by atoms with van der Waals surface area (Å²) >= 11 is 3.04. The molecule has 1 aromatic carbocycles. The molecule has 2 aliphatic rings. The zero-order valence-electron chi connectivity index (χ0n) is 19.0. The van der Waals surface area contributed by atoms with Gasteiger partial charge in [0.05, 0.1) is 11.1 Å². The van der Waals surface area contributed by atoms with E-state index in [-0.39, 0.29) is 23.3 Å². The Morgan fingerprint density at radius 1 is 1.24 bits per heavy atom. The third-order valence-corrected chi connectivity index (χ3v) is 8.74. The van der Waals surface area contributed by atoms with E-state index < -0.39 is 0 Å². The van der Waals surface area contributed by atoms with Crippen molar-refractivity contribution in [2.75, 3.05) is 18.8 Å². The first kappa shape index (κ1) is 22.6. The molecule has 1 aliphatic heterocycles. The van der Waals surface area contributed by atoms with Crippen LogP contribution in [0.1, 0.15) is 42.2 Å². The quantitative estimate of drug-likeness (QED) is 0.409. The standard InChI is InChI=1S/C25H30N4O2S2/c1-2-29-24(31)22-19-10-6-7-11-20(19)33-23(22)27-25(29)32-16-21(30)26-18-12-13-28(15-18)14-17-8-4-3-5-9-17/h3-5,8-9,18H,2,6-7,10-16H2,1H3,(H,26,30)/t18-/m1/s1. The molecule has 0 saturated carbocycles. The van der Waals surface area contributed by atoms with Gasteiger partial charge in [-0.1, -0.05) is 42.1 Å². The number of nitrogens with zero attached hydrogens (tertiary/aromatic N) is 3. The highest BCUT2D eigenvalue weighted by atomic mass is 32.2. The smallest absolute Gasteiger partial charge is 0.263 e. The maximum atomic E-state index is 13.2. The molecule has 0 bridgehead atoms. The normalized spacial score (nSPS) is 18.5.